The Morgan fingerprint density at radius 1 is 0.281 bits per heavy atom. The monoisotopic (exact) mass is 420 g/mol. The Kier molecular flexibility index (Phi) is 7.71. The van der Waals surface area contributed by atoms with Crippen molar-refractivity contribution in [2.75, 3.05) is 0 Å². The predicted molar refractivity (Wildman–Crippen MR) is 123 cm³/mol. The lowest BCUT2D eigenvalue weighted by atomic mass is 10.0. The molecule has 4 heteroatoms. The Morgan fingerprint density at radius 3 is 0.594 bits per heavy atom. The molecule has 4 rings (SSSR count). The van der Waals surface area contributed by atoms with Crippen molar-refractivity contribution in [1.29, 1.82) is 0 Å². The molecule has 4 nitrogen and oxygen atoms in total. The molecule has 32 heavy (non-hydrogen) atoms. The highest BCUT2D eigenvalue weighted by molar-refractivity contribution is 6.49. The van der Waals surface area contributed by atoms with Crippen molar-refractivity contribution in [3.8, 4) is 0 Å². The molecule has 0 atom stereocenters. The molecule has 0 saturated carbocycles. The lowest BCUT2D eigenvalue weighted by Gasteiger charge is -1.99. The summed E-state index contributed by atoms with van der Waals surface area (Å²) in [5.74, 6) is -1.86. The third kappa shape index (κ3) is 5.80. The van der Waals surface area contributed by atoms with Gasteiger partial charge in [-0.2, -0.15) is 0 Å². The molecule has 0 fully saturated rings. The highest BCUT2D eigenvalue weighted by Crippen LogP contribution is 2.08. The summed E-state index contributed by atoms with van der Waals surface area (Å²) in [6, 6.07) is 34.3. The molecule has 0 bridgehead atoms. The molecule has 0 saturated heterocycles. The average Bonchev–Trinajstić information content (AvgIpc) is 2.89. The zero-order valence-corrected chi connectivity index (χ0v) is 17.2. The number of ketones is 4. The molecule has 0 aliphatic rings. The van der Waals surface area contributed by atoms with E-state index in [1.54, 1.807) is 97.1 Å². The molecule has 0 aliphatic heterocycles. The van der Waals surface area contributed by atoms with E-state index in [1.807, 2.05) is 24.3 Å². The molecular weight excluding hydrogens is 400 g/mol. The molecule has 0 heterocycles. The Balaban J connectivity index is 0.000000181. The molecule has 0 radical (unpaired) electrons. The number of rotatable bonds is 6. The van der Waals surface area contributed by atoms with Crippen LogP contribution in [0.3, 0.4) is 0 Å². The van der Waals surface area contributed by atoms with Crippen LogP contribution in [-0.2, 0) is 0 Å². The van der Waals surface area contributed by atoms with Crippen molar-refractivity contribution >= 4 is 23.1 Å². The van der Waals surface area contributed by atoms with E-state index in [1.165, 1.54) is 0 Å². The Hall–Kier alpha value is -4.44. The summed E-state index contributed by atoms with van der Waals surface area (Å²) < 4.78 is 0. The summed E-state index contributed by atoms with van der Waals surface area (Å²) in [6.45, 7) is 0. The predicted octanol–water partition coefficient (Wildman–Crippen LogP) is 5.50. The maximum absolute atomic E-state index is 11.8. The molecular formula is C28H20O4. The van der Waals surface area contributed by atoms with Crippen LogP contribution in [0, 0.1) is 0 Å². The fourth-order valence-corrected chi connectivity index (χ4v) is 2.88. The van der Waals surface area contributed by atoms with Crippen LogP contribution < -0.4 is 0 Å². The van der Waals surface area contributed by atoms with Gasteiger partial charge < -0.3 is 0 Å². The standard InChI is InChI=1S/2C14H10O2/c2*15-13(11-7-3-1-4-8-11)14(16)12-9-5-2-6-10-12/h2*1-10H. The quantitative estimate of drug-likeness (QED) is 0.305. The van der Waals surface area contributed by atoms with Gasteiger partial charge in [-0.05, 0) is 0 Å². The molecule has 0 aromatic heterocycles. The molecule has 0 spiro atoms. The van der Waals surface area contributed by atoms with Gasteiger partial charge >= 0.3 is 0 Å². The van der Waals surface area contributed by atoms with E-state index in [9.17, 15) is 19.2 Å². The largest absolute Gasteiger partial charge is 0.285 e. The first-order chi connectivity index (χ1) is 15.6. The summed E-state index contributed by atoms with van der Waals surface area (Å²) >= 11 is 0. The summed E-state index contributed by atoms with van der Waals surface area (Å²) in [7, 11) is 0. The van der Waals surface area contributed by atoms with Crippen LogP contribution in [-0.4, -0.2) is 23.1 Å². The Labute approximate surface area is 186 Å². The van der Waals surface area contributed by atoms with E-state index in [4.69, 9.17) is 0 Å². The van der Waals surface area contributed by atoms with E-state index in [0.717, 1.165) is 0 Å². The van der Waals surface area contributed by atoms with E-state index < -0.39 is 23.1 Å². The third-order valence-corrected chi connectivity index (χ3v) is 4.56. The minimum absolute atomic E-state index is 0.427. The highest BCUT2D eigenvalue weighted by atomic mass is 16.2. The maximum Gasteiger partial charge on any atom is 0.233 e. The lowest BCUT2D eigenvalue weighted by molar-refractivity contribution is 0.0817. The van der Waals surface area contributed by atoms with Gasteiger partial charge in [0, 0.05) is 22.3 Å². The van der Waals surface area contributed by atoms with Crippen molar-refractivity contribution in [2.45, 2.75) is 0 Å². The smallest absolute Gasteiger partial charge is 0.233 e. The zero-order chi connectivity index (χ0) is 22.8. The zero-order valence-electron chi connectivity index (χ0n) is 17.2. The normalized spacial score (nSPS) is 9.75. The van der Waals surface area contributed by atoms with E-state index in [2.05, 4.69) is 0 Å². The van der Waals surface area contributed by atoms with Gasteiger partial charge in [-0.3, -0.25) is 19.2 Å². The van der Waals surface area contributed by atoms with Gasteiger partial charge in [-0.25, -0.2) is 0 Å². The van der Waals surface area contributed by atoms with E-state index >= 15 is 0 Å². The number of hydrogen-bond donors (Lipinski definition) is 0. The highest BCUT2D eigenvalue weighted by Gasteiger charge is 2.18. The summed E-state index contributed by atoms with van der Waals surface area (Å²) in [6.07, 6.45) is 0. The molecule has 0 amide bonds. The summed E-state index contributed by atoms with van der Waals surface area (Å²) in [4.78, 5) is 47.2. The molecule has 0 unspecified atom stereocenters. The van der Waals surface area contributed by atoms with Crippen molar-refractivity contribution in [3.05, 3.63) is 144 Å². The summed E-state index contributed by atoms with van der Waals surface area (Å²) in [5, 5.41) is 0. The van der Waals surface area contributed by atoms with Crippen LogP contribution in [0.4, 0.5) is 0 Å². The van der Waals surface area contributed by atoms with Gasteiger partial charge in [0.25, 0.3) is 0 Å². The second-order valence-electron chi connectivity index (χ2n) is 6.78. The lowest BCUT2D eigenvalue weighted by Crippen LogP contribution is -2.14. The van der Waals surface area contributed by atoms with Crippen LogP contribution in [0.5, 0.6) is 0 Å². The van der Waals surface area contributed by atoms with Gasteiger partial charge in [0.1, 0.15) is 0 Å². The van der Waals surface area contributed by atoms with Crippen LogP contribution in [0.15, 0.2) is 121 Å². The van der Waals surface area contributed by atoms with Gasteiger partial charge in [0.05, 0.1) is 0 Å². The molecule has 4 aromatic carbocycles. The van der Waals surface area contributed by atoms with Gasteiger partial charge in [0.15, 0.2) is 0 Å². The van der Waals surface area contributed by atoms with Crippen LogP contribution in [0.1, 0.15) is 41.4 Å². The first-order valence-electron chi connectivity index (χ1n) is 9.96. The van der Waals surface area contributed by atoms with E-state index in [0.29, 0.717) is 22.3 Å². The molecule has 0 aliphatic carbocycles. The minimum atomic E-state index is -0.466. The fourth-order valence-electron chi connectivity index (χ4n) is 2.88. The van der Waals surface area contributed by atoms with Crippen molar-refractivity contribution in [1.82, 2.24) is 0 Å². The molecule has 156 valence electrons. The number of carbonyl (C=O) groups is 4. The minimum Gasteiger partial charge on any atom is -0.285 e. The van der Waals surface area contributed by atoms with Crippen LogP contribution >= 0.6 is 0 Å². The van der Waals surface area contributed by atoms with Crippen molar-refractivity contribution < 1.29 is 19.2 Å². The van der Waals surface area contributed by atoms with Crippen LogP contribution in [0.25, 0.3) is 0 Å². The third-order valence-electron chi connectivity index (χ3n) is 4.56. The average molecular weight is 420 g/mol. The number of benzene rings is 4. The first kappa shape index (κ1) is 22.2. The van der Waals surface area contributed by atoms with Crippen molar-refractivity contribution in [2.24, 2.45) is 0 Å². The molecule has 4 aromatic rings. The topological polar surface area (TPSA) is 68.3 Å². The molecule has 0 N–H and O–H groups in total. The first-order valence-corrected chi connectivity index (χ1v) is 9.96. The van der Waals surface area contributed by atoms with Crippen LogP contribution in [0.2, 0.25) is 0 Å². The number of hydrogen-bond acceptors (Lipinski definition) is 4. The Morgan fingerprint density at radius 2 is 0.438 bits per heavy atom. The maximum atomic E-state index is 11.8. The second kappa shape index (κ2) is 11.1. The van der Waals surface area contributed by atoms with Crippen molar-refractivity contribution in [3.63, 3.8) is 0 Å². The fraction of sp³-hybridized carbons (Fsp3) is 0. The Bertz CT molecular complexity index is 1000. The van der Waals surface area contributed by atoms with E-state index in [-0.39, 0.29) is 0 Å². The van der Waals surface area contributed by atoms with Gasteiger partial charge in [-0.1, -0.05) is 121 Å². The second-order valence-corrected chi connectivity index (χ2v) is 6.78. The number of carbonyl (C=O) groups excluding carboxylic acids is 4. The SMILES string of the molecule is O=C(C(=O)c1ccccc1)c1ccccc1.O=C(C(=O)c1ccccc1)c1ccccc1. The van der Waals surface area contributed by atoms with Gasteiger partial charge in [-0.15, -0.1) is 0 Å². The van der Waals surface area contributed by atoms with Gasteiger partial charge in [0.2, 0.25) is 23.1 Å². The number of Topliss-reactive ketones (excluding diaryl/α,β-unsaturated/α-hetero) is 4. The summed E-state index contributed by atoms with van der Waals surface area (Å²) in [5.41, 5.74) is 1.71.